The van der Waals surface area contributed by atoms with Crippen molar-refractivity contribution < 1.29 is 4.79 Å². The molecule has 2 fully saturated rings. The minimum absolute atomic E-state index is 0.113. The quantitative estimate of drug-likeness (QED) is 0.826. The molecule has 2 atom stereocenters. The third-order valence-corrected chi connectivity index (χ3v) is 5.38. The van der Waals surface area contributed by atoms with Crippen molar-refractivity contribution in [1.29, 1.82) is 0 Å². The number of nitrogens with one attached hydrogen (secondary N) is 2. The van der Waals surface area contributed by atoms with E-state index in [2.05, 4.69) is 25.7 Å². The van der Waals surface area contributed by atoms with E-state index in [-0.39, 0.29) is 18.1 Å². The molecule has 134 valence electrons. The van der Waals surface area contributed by atoms with Gasteiger partial charge in [-0.2, -0.15) is 0 Å². The summed E-state index contributed by atoms with van der Waals surface area (Å²) in [5.41, 5.74) is 0. The lowest BCUT2D eigenvalue weighted by Crippen LogP contribution is -2.45. The van der Waals surface area contributed by atoms with E-state index in [9.17, 15) is 4.79 Å². The fourth-order valence-corrected chi connectivity index (χ4v) is 4.03. The Morgan fingerprint density at radius 2 is 2.00 bits per heavy atom. The molecular formula is C17H30N6O. The summed E-state index contributed by atoms with van der Waals surface area (Å²) in [6.45, 7) is 4.01. The number of hydrogen-bond donors (Lipinski definition) is 2. The number of rotatable bonds is 4. The van der Waals surface area contributed by atoms with Crippen LogP contribution in [0.5, 0.6) is 0 Å². The Balaban J connectivity index is 1.44. The van der Waals surface area contributed by atoms with E-state index in [1.807, 2.05) is 18.5 Å². The lowest BCUT2D eigenvalue weighted by atomic mass is 10.1. The number of amides is 2. The van der Waals surface area contributed by atoms with Crippen molar-refractivity contribution in [2.24, 2.45) is 7.05 Å². The molecule has 1 aliphatic heterocycles. The fraction of sp³-hybridized carbons (Fsp3) is 0.824. The molecule has 24 heavy (non-hydrogen) atoms. The first-order chi connectivity index (χ1) is 11.6. The summed E-state index contributed by atoms with van der Waals surface area (Å²) in [5.74, 6) is 0.761. The van der Waals surface area contributed by atoms with E-state index in [0.717, 1.165) is 31.4 Å². The molecule has 0 spiro atoms. The zero-order valence-corrected chi connectivity index (χ0v) is 14.9. The summed E-state index contributed by atoms with van der Waals surface area (Å²) in [6, 6.07) is 0.704. The van der Waals surface area contributed by atoms with Crippen LogP contribution in [0.15, 0.2) is 6.33 Å². The van der Waals surface area contributed by atoms with Crippen LogP contribution >= 0.6 is 0 Å². The smallest absolute Gasteiger partial charge is 0.315 e. The second kappa shape index (κ2) is 7.96. The van der Waals surface area contributed by atoms with Gasteiger partial charge >= 0.3 is 6.03 Å². The van der Waals surface area contributed by atoms with E-state index in [1.165, 1.54) is 38.5 Å². The van der Waals surface area contributed by atoms with E-state index in [0.29, 0.717) is 0 Å². The largest absolute Gasteiger partial charge is 0.334 e. The van der Waals surface area contributed by atoms with Gasteiger partial charge in [0, 0.05) is 32.2 Å². The lowest BCUT2D eigenvalue weighted by molar-refractivity contribution is 0.212. The molecule has 1 aliphatic carbocycles. The Labute approximate surface area is 144 Å². The topological polar surface area (TPSA) is 75.1 Å². The summed E-state index contributed by atoms with van der Waals surface area (Å²) in [4.78, 5) is 14.8. The van der Waals surface area contributed by atoms with Crippen molar-refractivity contribution in [3.05, 3.63) is 12.2 Å². The molecule has 0 aromatic carbocycles. The highest BCUT2D eigenvalue weighted by Gasteiger charge is 2.29. The summed E-state index contributed by atoms with van der Waals surface area (Å²) in [7, 11) is 1.88. The van der Waals surface area contributed by atoms with E-state index in [1.54, 1.807) is 6.33 Å². The van der Waals surface area contributed by atoms with Gasteiger partial charge in [0.25, 0.3) is 0 Å². The molecule has 7 heteroatoms. The van der Waals surface area contributed by atoms with Crippen LogP contribution < -0.4 is 10.6 Å². The van der Waals surface area contributed by atoms with Gasteiger partial charge in [-0.1, -0.05) is 25.7 Å². The maximum Gasteiger partial charge on any atom is 0.315 e. The van der Waals surface area contributed by atoms with Gasteiger partial charge in [0.05, 0.1) is 6.04 Å². The van der Waals surface area contributed by atoms with E-state index >= 15 is 0 Å². The second-order valence-electron chi connectivity index (χ2n) is 7.27. The van der Waals surface area contributed by atoms with Crippen molar-refractivity contribution in [2.75, 3.05) is 13.1 Å². The monoisotopic (exact) mass is 334 g/mol. The molecule has 3 rings (SSSR count). The molecule has 2 heterocycles. The van der Waals surface area contributed by atoms with Gasteiger partial charge in [-0.25, -0.2) is 4.79 Å². The standard InChI is InChI=1S/C17H30N6O/c1-13(16-21-18-12-22(16)2)19-17(24)20-14-9-10-23(11-14)15-7-5-3-4-6-8-15/h12-15H,3-11H2,1-2H3,(H2,19,20,24). The van der Waals surface area contributed by atoms with Crippen LogP contribution in [0.3, 0.4) is 0 Å². The van der Waals surface area contributed by atoms with Crippen molar-refractivity contribution in [3.8, 4) is 0 Å². The second-order valence-corrected chi connectivity index (χ2v) is 7.27. The molecule has 2 amide bonds. The van der Waals surface area contributed by atoms with Crippen LogP contribution in [-0.4, -0.2) is 50.9 Å². The SMILES string of the molecule is CC(NC(=O)NC1CCN(C2CCCCCC2)C1)c1nncn1C. The highest BCUT2D eigenvalue weighted by Crippen LogP contribution is 2.25. The molecule has 0 radical (unpaired) electrons. The first-order valence-corrected chi connectivity index (χ1v) is 9.28. The molecule has 0 bridgehead atoms. The van der Waals surface area contributed by atoms with Crippen LogP contribution in [-0.2, 0) is 7.05 Å². The van der Waals surface area contributed by atoms with Gasteiger partial charge in [0.2, 0.25) is 0 Å². The number of hydrogen-bond acceptors (Lipinski definition) is 4. The maximum absolute atomic E-state index is 12.3. The molecular weight excluding hydrogens is 304 g/mol. The van der Waals surface area contributed by atoms with Gasteiger partial charge in [0.1, 0.15) is 6.33 Å². The van der Waals surface area contributed by atoms with E-state index < -0.39 is 0 Å². The number of urea groups is 1. The van der Waals surface area contributed by atoms with Gasteiger partial charge in [0.15, 0.2) is 5.82 Å². The highest BCUT2D eigenvalue weighted by molar-refractivity contribution is 5.74. The van der Waals surface area contributed by atoms with Crippen molar-refractivity contribution >= 4 is 6.03 Å². The lowest BCUT2D eigenvalue weighted by Gasteiger charge is -2.26. The first-order valence-electron chi connectivity index (χ1n) is 9.28. The van der Waals surface area contributed by atoms with Crippen LogP contribution in [0.4, 0.5) is 4.79 Å². The third kappa shape index (κ3) is 4.26. The molecule has 1 saturated heterocycles. The van der Waals surface area contributed by atoms with Crippen LogP contribution in [0.1, 0.15) is 63.7 Å². The maximum atomic E-state index is 12.3. The van der Waals surface area contributed by atoms with Crippen LogP contribution in [0, 0.1) is 0 Å². The van der Waals surface area contributed by atoms with Crippen molar-refractivity contribution in [3.63, 3.8) is 0 Å². The summed E-state index contributed by atoms with van der Waals surface area (Å²) in [5, 5.41) is 14.0. The van der Waals surface area contributed by atoms with E-state index in [4.69, 9.17) is 0 Å². The Morgan fingerprint density at radius 3 is 2.67 bits per heavy atom. The zero-order chi connectivity index (χ0) is 16.9. The Bertz CT molecular complexity index is 537. The summed E-state index contributed by atoms with van der Waals surface area (Å²) in [6.07, 6.45) is 10.8. The van der Waals surface area contributed by atoms with Gasteiger partial charge in [-0.3, -0.25) is 4.90 Å². The van der Waals surface area contributed by atoms with Crippen LogP contribution in [0.25, 0.3) is 0 Å². The number of carbonyl (C=O) groups is 1. The Hall–Kier alpha value is -1.63. The number of nitrogens with zero attached hydrogens (tertiary/aromatic N) is 4. The molecule has 1 aromatic heterocycles. The number of aryl methyl sites for hydroxylation is 1. The van der Waals surface area contributed by atoms with Crippen molar-refractivity contribution in [1.82, 2.24) is 30.3 Å². The molecule has 1 saturated carbocycles. The predicted molar refractivity (Wildman–Crippen MR) is 92.6 cm³/mol. The summed E-state index contributed by atoms with van der Waals surface area (Å²) >= 11 is 0. The highest BCUT2D eigenvalue weighted by atomic mass is 16.2. The normalized spacial score (nSPS) is 24.5. The third-order valence-electron chi connectivity index (χ3n) is 5.38. The minimum atomic E-state index is -0.156. The molecule has 1 aromatic rings. The predicted octanol–water partition coefficient (Wildman–Crippen LogP) is 1.97. The first kappa shape index (κ1) is 17.2. The summed E-state index contributed by atoms with van der Waals surface area (Å²) < 4.78 is 1.83. The molecule has 2 N–H and O–H groups in total. The molecule has 2 unspecified atom stereocenters. The van der Waals surface area contributed by atoms with Gasteiger partial charge in [-0.15, -0.1) is 10.2 Å². The molecule has 2 aliphatic rings. The average Bonchev–Trinajstić information content (AvgIpc) is 3.09. The average molecular weight is 334 g/mol. The Morgan fingerprint density at radius 1 is 1.25 bits per heavy atom. The minimum Gasteiger partial charge on any atom is -0.334 e. The van der Waals surface area contributed by atoms with Crippen LogP contribution in [0.2, 0.25) is 0 Å². The van der Waals surface area contributed by atoms with Crippen molar-refractivity contribution in [2.45, 2.75) is 70.0 Å². The Kier molecular flexibility index (Phi) is 5.71. The number of carbonyl (C=O) groups excluding carboxylic acids is 1. The fourth-order valence-electron chi connectivity index (χ4n) is 4.03. The number of likely N-dealkylation sites (tertiary alicyclic amines) is 1. The molecule has 7 nitrogen and oxygen atoms in total. The zero-order valence-electron chi connectivity index (χ0n) is 14.9. The number of aromatic nitrogens is 3. The van der Waals surface area contributed by atoms with Gasteiger partial charge in [-0.05, 0) is 26.2 Å². The van der Waals surface area contributed by atoms with Gasteiger partial charge < -0.3 is 15.2 Å².